The van der Waals surface area contributed by atoms with E-state index >= 15 is 0 Å². The summed E-state index contributed by atoms with van der Waals surface area (Å²) in [7, 11) is -3.72. The monoisotopic (exact) mass is 301 g/mol. The molecule has 7 heteroatoms. The first-order chi connectivity index (χ1) is 9.45. The van der Waals surface area contributed by atoms with Crippen molar-refractivity contribution in [1.82, 2.24) is 9.29 Å². The van der Waals surface area contributed by atoms with Crippen molar-refractivity contribution in [3.05, 3.63) is 18.3 Å². The molecule has 1 aromatic rings. The minimum absolute atomic E-state index is 0.00981. The molecule has 0 atom stereocenters. The molecule has 20 heavy (non-hydrogen) atoms. The maximum absolute atomic E-state index is 12.7. The third-order valence-corrected chi connectivity index (χ3v) is 4.82. The molecule has 114 valence electrons. The lowest BCUT2D eigenvalue weighted by molar-refractivity contribution is 0.236. The fourth-order valence-electron chi connectivity index (χ4n) is 1.86. The van der Waals surface area contributed by atoms with Crippen molar-refractivity contribution in [3.8, 4) is 0 Å². The average Bonchev–Trinajstić information content (AvgIpc) is 2.42. The van der Waals surface area contributed by atoms with Gasteiger partial charge in [-0.25, -0.2) is 13.4 Å². The van der Waals surface area contributed by atoms with Crippen molar-refractivity contribution in [3.63, 3.8) is 0 Å². The number of sulfonamides is 1. The summed E-state index contributed by atoms with van der Waals surface area (Å²) in [6, 6.07) is 3.16. The van der Waals surface area contributed by atoms with Gasteiger partial charge in [0, 0.05) is 25.3 Å². The largest absolute Gasteiger partial charge is 0.395 e. The number of pyridine rings is 1. The molecule has 1 rings (SSSR count). The van der Waals surface area contributed by atoms with E-state index in [9.17, 15) is 8.42 Å². The summed E-state index contributed by atoms with van der Waals surface area (Å²) in [5, 5.41) is 12.1. The van der Waals surface area contributed by atoms with Gasteiger partial charge in [0.1, 0.15) is 0 Å². The lowest BCUT2D eigenvalue weighted by Crippen LogP contribution is -2.39. The molecular formula is C13H23N3O3S. The van der Waals surface area contributed by atoms with Gasteiger partial charge in [0.05, 0.1) is 12.3 Å². The Hall–Kier alpha value is -1.18. The van der Waals surface area contributed by atoms with Crippen LogP contribution in [0.2, 0.25) is 0 Å². The molecule has 0 saturated heterocycles. The van der Waals surface area contributed by atoms with Gasteiger partial charge in [0.15, 0.2) is 5.03 Å². The van der Waals surface area contributed by atoms with Crippen molar-refractivity contribution in [2.45, 2.75) is 38.3 Å². The summed E-state index contributed by atoms with van der Waals surface area (Å²) in [6.45, 7) is 6.07. The first-order valence-electron chi connectivity index (χ1n) is 6.76. The van der Waals surface area contributed by atoms with Crippen molar-refractivity contribution in [1.29, 1.82) is 0 Å². The average molecular weight is 301 g/mol. The maximum Gasteiger partial charge on any atom is 0.262 e. The molecule has 0 aromatic carbocycles. The number of nitrogens with one attached hydrogen (secondary N) is 1. The van der Waals surface area contributed by atoms with Crippen molar-refractivity contribution < 1.29 is 13.5 Å². The van der Waals surface area contributed by atoms with Crippen LogP contribution in [-0.2, 0) is 10.0 Å². The van der Waals surface area contributed by atoms with Gasteiger partial charge >= 0.3 is 0 Å². The van der Waals surface area contributed by atoms with Crippen molar-refractivity contribution >= 4 is 15.7 Å². The minimum atomic E-state index is -3.72. The van der Waals surface area contributed by atoms with E-state index in [0.717, 1.165) is 6.42 Å². The number of hydrogen-bond acceptors (Lipinski definition) is 5. The van der Waals surface area contributed by atoms with E-state index in [1.807, 2.05) is 6.92 Å². The van der Waals surface area contributed by atoms with E-state index in [4.69, 9.17) is 5.11 Å². The Morgan fingerprint density at radius 2 is 2.15 bits per heavy atom. The summed E-state index contributed by atoms with van der Waals surface area (Å²) < 4.78 is 26.6. The number of aliphatic hydroxyl groups excluding tert-OH is 1. The Morgan fingerprint density at radius 3 is 2.70 bits per heavy atom. The first kappa shape index (κ1) is 16.9. The quantitative estimate of drug-likeness (QED) is 0.756. The molecule has 0 saturated carbocycles. The predicted molar refractivity (Wildman–Crippen MR) is 79.1 cm³/mol. The standard InChI is InChI=1S/C13H23N3O3S/c1-4-7-14-12-6-5-8-15-13(12)20(18,19)16(9-10-17)11(2)3/h5-6,8,11,14,17H,4,7,9-10H2,1-3H3. The summed E-state index contributed by atoms with van der Waals surface area (Å²) in [4.78, 5) is 4.02. The molecular weight excluding hydrogens is 278 g/mol. The molecule has 0 unspecified atom stereocenters. The van der Waals surface area contributed by atoms with Crippen LogP contribution < -0.4 is 5.32 Å². The van der Waals surface area contributed by atoms with Gasteiger partial charge in [-0.3, -0.25) is 0 Å². The molecule has 2 N–H and O–H groups in total. The van der Waals surface area contributed by atoms with Crippen molar-refractivity contribution in [2.24, 2.45) is 0 Å². The van der Waals surface area contributed by atoms with Crippen LogP contribution in [0.25, 0.3) is 0 Å². The second kappa shape index (κ2) is 7.56. The molecule has 0 fully saturated rings. The molecule has 6 nitrogen and oxygen atoms in total. The van der Waals surface area contributed by atoms with Crippen LogP contribution in [0.1, 0.15) is 27.2 Å². The Kier molecular flexibility index (Phi) is 6.38. The smallest absolute Gasteiger partial charge is 0.262 e. The Bertz CT molecular complexity index is 517. The van der Waals surface area contributed by atoms with Crippen LogP contribution >= 0.6 is 0 Å². The summed E-state index contributed by atoms with van der Waals surface area (Å²) in [5.41, 5.74) is 0.498. The molecule has 0 bridgehead atoms. The zero-order chi connectivity index (χ0) is 15.2. The molecule has 0 radical (unpaired) electrons. The van der Waals surface area contributed by atoms with Gasteiger partial charge in [0.25, 0.3) is 10.0 Å². The Labute approximate surface area is 120 Å². The highest BCUT2D eigenvalue weighted by atomic mass is 32.2. The van der Waals surface area contributed by atoms with Crippen LogP contribution in [0.5, 0.6) is 0 Å². The van der Waals surface area contributed by atoms with Gasteiger partial charge in [-0.1, -0.05) is 6.92 Å². The third-order valence-electron chi connectivity index (χ3n) is 2.79. The minimum Gasteiger partial charge on any atom is -0.395 e. The second-order valence-corrected chi connectivity index (χ2v) is 6.52. The molecule has 1 aromatic heterocycles. The van der Waals surface area contributed by atoms with E-state index in [1.54, 1.807) is 26.0 Å². The van der Waals surface area contributed by atoms with Crippen LogP contribution in [0.3, 0.4) is 0 Å². The molecule has 0 aliphatic heterocycles. The molecule has 1 heterocycles. The van der Waals surface area contributed by atoms with Crippen LogP contribution in [0.4, 0.5) is 5.69 Å². The number of anilines is 1. The summed E-state index contributed by atoms with van der Waals surface area (Å²) >= 11 is 0. The molecule has 0 amide bonds. The van der Waals surface area contributed by atoms with E-state index < -0.39 is 10.0 Å². The highest BCUT2D eigenvalue weighted by Gasteiger charge is 2.29. The third kappa shape index (κ3) is 3.91. The van der Waals surface area contributed by atoms with Crippen molar-refractivity contribution in [2.75, 3.05) is 25.0 Å². The fraction of sp³-hybridized carbons (Fsp3) is 0.615. The van der Waals surface area contributed by atoms with Gasteiger partial charge in [-0.2, -0.15) is 4.31 Å². The predicted octanol–water partition coefficient (Wildman–Crippen LogP) is 1.29. The van der Waals surface area contributed by atoms with Gasteiger partial charge in [-0.05, 0) is 32.4 Å². The van der Waals surface area contributed by atoms with E-state index in [2.05, 4.69) is 10.3 Å². The van der Waals surface area contributed by atoms with E-state index in [1.165, 1.54) is 10.5 Å². The lowest BCUT2D eigenvalue weighted by atomic mass is 10.4. The normalized spacial score (nSPS) is 12.1. The second-order valence-electron chi connectivity index (χ2n) is 4.72. The lowest BCUT2D eigenvalue weighted by Gasteiger charge is -2.25. The number of hydrogen-bond donors (Lipinski definition) is 2. The number of aliphatic hydroxyl groups is 1. The van der Waals surface area contributed by atoms with E-state index in [0.29, 0.717) is 12.2 Å². The number of rotatable bonds is 8. The molecule has 0 aliphatic carbocycles. The van der Waals surface area contributed by atoms with E-state index in [-0.39, 0.29) is 24.2 Å². The van der Waals surface area contributed by atoms with Crippen LogP contribution in [0, 0.1) is 0 Å². The topological polar surface area (TPSA) is 82.5 Å². The zero-order valence-electron chi connectivity index (χ0n) is 12.2. The summed E-state index contributed by atoms with van der Waals surface area (Å²) in [5.74, 6) is 0. The first-order valence-corrected chi connectivity index (χ1v) is 8.20. The van der Waals surface area contributed by atoms with Gasteiger partial charge in [-0.15, -0.1) is 0 Å². The zero-order valence-corrected chi connectivity index (χ0v) is 13.0. The van der Waals surface area contributed by atoms with Crippen LogP contribution in [-0.4, -0.2) is 48.6 Å². The Balaban J connectivity index is 3.19. The van der Waals surface area contributed by atoms with Gasteiger partial charge in [0.2, 0.25) is 0 Å². The summed E-state index contributed by atoms with van der Waals surface area (Å²) in [6.07, 6.45) is 2.35. The Morgan fingerprint density at radius 1 is 1.45 bits per heavy atom. The highest BCUT2D eigenvalue weighted by molar-refractivity contribution is 7.89. The fourth-order valence-corrected chi connectivity index (χ4v) is 3.57. The molecule has 0 spiro atoms. The van der Waals surface area contributed by atoms with Gasteiger partial charge < -0.3 is 10.4 Å². The SMILES string of the molecule is CCCNc1cccnc1S(=O)(=O)N(CCO)C(C)C. The molecule has 0 aliphatic rings. The number of nitrogens with zero attached hydrogens (tertiary/aromatic N) is 2. The maximum atomic E-state index is 12.7. The van der Waals surface area contributed by atoms with Crippen LogP contribution in [0.15, 0.2) is 23.4 Å². The number of aromatic nitrogens is 1. The highest BCUT2D eigenvalue weighted by Crippen LogP contribution is 2.23.